The maximum absolute atomic E-state index is 11.7. The minimum Gasteiger partial charge on any atom is -0.496 e. The number of ether oxygens (including phenoxy) is 1. The molecule has 0 radical (unpaired) electrons. The lowest BCUT2D eigenvalue weighted by Gasteiger charge is -2.11. The summed E-state index contributed by atoms with van der Waals surface area (Å²) in [7, 11) is 1.65. The first-order valence-corrected chi connectivity index (χ1v) is 6.84. The van der Waals surface area contributed by atoms with E-state index in [4.69, 9.17) is 4.74 Å². The van der Waals surface area contributed by atoms with Gasteiger partial charge in [0.2, 0.25) is 0 Å². The predicted octanol–water partition coefficient (Wildman–Crippen LogP) is 2.57. The van der Waals surface area contributed by atoms with Gasteiger partial charge in [0.15, 0.2) is 0 Å². The predicted molar refractivity (Wildman–Crippen MR) is 72.0 cm³/mol. The van der Waals surface area contributed by atoms with Crippen molar-refractivity contribution in [2.75, 3.05) is 18.6 Å². The molecule has 0 saturated heterocycles. The molecule has 17 heavy (non-hydrogen) atoms. The fourth-order valence-corrected chi connectivity index (χ4v) is 2.24. The van der Waals surface area contributed by atoms with Gasteiger partial charge in [0, 0.05) is 23.7 Å². The maximum atomic E-state index is 11.7. The molecule has 0 atom stereocenters. The quantitative estimate of drug-likeness (QED) is 0.781. The van der Waals surface area contributed by atoms with Crippen LogP contribution >= 0.6 is 11.8 Å². The molecule has 4 heteroatoms. The molecule has 0 aliphatic rings. The molecular weight excluding hydrogens is 234 g/mol. The zero-order valence-corrected chi connectivity index (χ0v) is 11.7. The van der Waals surface area contributed by atoms with Gasteiger partial charge in [0.1, 0.15) is 11.5 Å². The maximum Gasteiger partial charge on any atom is 0.148 e. The number of hydrogen-bond acceptors (Lipinski definition) is 4. The number of rotatable bonds is 6. The van der Waals surface area contributed by atoms with E-state index in [1.54, 1.807) is 25.1 Å². The van der Waals surface area contributed by atoms with Crippen LogP contribution in [0.4, 0.5) is 0 Å². The Hall–Kier alpha value is -1.03. The minimum absolute atomic E-state index is 0.221. The summed E-state index contributed by atoms with van der Waals surface area (Å²) in [6, 6.07) is 0. The van der Waals surface area contributed by atoms with Gasteiger partial charge >= 0.3 is 0 Å². The Morgan fingerprint density at radius 3 is 2.76 bits per heavy atom. The number of aryl methyl sites for hydroxylation is 1. The molecule has 1 heterocycles. The third-order valence-electron chi connectivity index (χ3n) is 2.58. The number of thioether (sulfide) groups is 1. The van der Waals surface area contributed by atoms with E-state index in [-0.39, 0.29) is 5.78 Å². The van der Waals surface area contributed by atoms with Crippen LogP contribution in [0, 0.1) is 13.8 Å². The summed E-state index contributed by atoms with van der Waals surface area (Å²) >= 11 is 1.65. The Kier molecular flexibility index (Phi) is 5.48. The van der Waals surface area contributed by atoms with E-state index in [0.717, 1.165) is 28.3 Å². The second kappa shape index (κ2) is 6.64. The topological polar surface area (TPSA) is 39.2 Å². The van der Waals surface area contributed by atoms with Crippen molar-refractivity contribution < 1.29 is 9.53 Å². The highest BCUT2D eigenvalue weighted by atomic mass is 32.2. The zero-order valence-electron chi connectivity index (χ0n) is 10.9. The van der Waals surface area contributed by atoms with Crippen LogP contribution < -0.4 is 4.74 Å². The van der Waals surface area contributed by atoms with Crippen LogP contribution in [0.2, 0.25) is 0 Å². The largest absolute Gasteiger partial charge is 0.496 e. The number of Topliss-reactive ketones (excluding diaryl/α,β-unsaturated/α-hetero) is 1. The van der Waals surface area contributed by atoms with E-state index in [1.807, 2.05) is 13.8 Å². The summed E-state index contributed by atoms with van der Waals surface area (Å²) in [5.74, 6) is 2.59. The van der Waals surface area contributed by atoms with Crippen LogP contribution in [-0.4, -0.2) is 29.4 Å². The van der Waals surface area contributed by atoms with Crippen LogP contribution in [0.3, 0.4) is 0 Å². The molecule has 0 spiro atoms. The first kappa shape index (κ1) is 14.0. The highest BCUT2D eigenvalue weighted by Gasteiger charge is 2.12. The smallest absolute Gasteiger partial charge is 0.148 e. The number of hydrogen-bond donors (Lipinski definition) is 0. The fourth-order valence-electron chi connectivity index (χ4n) is 1.70. The van der Waals surface area contributed by atoms with Gasteiger partial charge in [-0.05, 0) is 19.6 Å². The van der Waals surface area contributed by atoms with Gasteiger partial charge in [0.25, 0.3) is 0 Å². The van der Waals surface area contributed by atoms with Gasteiger partial charge in [-0.15, -0.1) is 0 Å². The molecule has 1 aromatic rings. The Morgan fingerprint density at radius 2 is 2.18 bits per heavy atom. The summed E-state index contributed by atoms with van der Waals surface area (Å²) in [6.07, 6.45) is 2.16. The summed E-state index contributed by atoms with van der Waals surface area (Å²) in [5.41, 5.74) is 2.81. The number of pyridine rings is 1. The van der Waals surface area contributed by atoms with E-state index in [2.05, 4.69) is 11.9 Å². The third kappa shape index (κ3) is 3.73. The normalized spacial score (nSPS) is 10.4. The molecule has 0 N–H and O–H groups in total. The summed E-state index contributed by atoms with van der Waals surface area (Å²) in [5, 5.41) is 0. The van der Waals surface area contributed by atoms with E-state index < -0.39 is 0 Å². The lowest BCUT2D eigenvalue weighted by Crippen LogP contribution is -2.10. The molecule has 0 aliphatic carbocycles. The number of nitrogens with zero attached hydrogens (tertiary/aromatic N) is 1. The Bertz CT molecular complexity index is 405. The number of carbonyl (C=O) groups excluding carboxylic acids is 1. The molecule has 0 fully saturated rings. The lowest BCUT2D eigenvalue weighted by molar-refractivity contribution is -0.116. The van der Waals surface area contributed by atoms with Gasteiger partial charge in [0.05, 0.1) is 18.6 Å². The fraction of sp³-hybridized carbons (Fsp3) is 0.538. The average Bonchev–Trinajstić information content (AvgIpc) is 2.31. The van der Waals surface area contributed by atoms with Gasteiger partial charge in [-0.25, -0.2) is 0 Å². The Morgan fingerprint density at radius 1 is 1.47 bits per heavy atom. The van der Waals surface area contributed by atoms with Crippen LogP contribution in [0.25, 0.3) is 0 Å². The van der Waals surface area contributed by atoms with Crippen molar-refractivity contribution in [3.63, 3.8) is 0 Å². The summed E-state index contributed by atoms with van der Waals surface area (Å²) < 4.78 is 5.32. The van der Waals surface area contributed by atoms with Crippen molar-refractivity contribution in [3.05, 3.63) is 23.0 Å². The van der Waals surface area contributed by atoms with Crippen molar-refractivity contribution in [2.45, 2.75) is 27.2 Å². The summed E-state index contributed by atoms with van der Waals surface area (Å²) in [6.45, 7) is 5.96. The second-order valence-electron chi connectivity index (χ2n) is 3.90. The SMILES string of the molecule is CCSCC(=O)Cc1ncc(C)c(OC)c1C. The molecular formula is C13H19NO2S. The molecule has 0 aromatic carbocycles. The average molecular weight is 253 g/mol. The van der Waals surface area contributed by atoms with Crippen molar-refractivity contribution in [1.82, 2.24) is 4.98 Å². The molecule has 0 bridgehead atoms. The van der Waals surface area contributed by atoms with Crippen molar-refractivity contribution in [2.24, 2.45) is 0 Å². The standard InChI is InChI=1S/C13H19NO2S/c1-5-17-8-11(15)6-12-10(3)13(16-4)9(2)7-14-12/h7H,5-6,8H2,1-4H3. The van der Waals surface area contributed by atoms with Gasteiger partial charge in [-0.1, -0.05) is 6.92 Å². The molecule has 94 valence electrons. The lowest BCUT2D eigenvalue weighted by atomic mass is 10.1. The van der Waals surface area contributed by atoms with Crippen molar-refractivity contribution >= 4 is 17.5 Å². The van der Waals surface area contributed by atoms with Crippen molar-refractivity contribution in [3.8, 4) is 5.75 Å². The second-order valence-corrected chi connectivity index (χ2v) is 5.17. The Balaban J connectivity index is 2.81. The number of carbonyl (C=O) groups is 1. The number of aromatic nitrogens is 1. The molecule has 0 saturated carbocycles. The van der Waals surface area contributed by atoms with Gasteiger partial charge in [-0.3, -0.25) is 9.78 Å². The zero-order chi connectivity index (χ0) is 12.8. The van der Waals surface area contributed by atoms with Crippen LogP contribution in [0.1, 0.15) is 23.7 Å². The minimum atomic E-state index is 0.221. The molecule has 1 aromatic heterocycles. The van der Waals surface area contributed by atoms with E-state index in [1.165, 1.54) is 0 Å². The number of methoxy groups -OCH3 is 1. The monoisotopic (exact) mass is 253 g/mol. The van der Waals surface area contributed by atoms with Crippen LogP contribution in [0.15, 0.2) is 6.20 Å². The van der Waals surface area contributed by atoms with Crippen molar-refractivity contribution in [1.29, 1.82) is 0 Å². The Labute approximate surface area is 107 Å². The first-order chi connectivity index (χ1) is 8.10. The van der Waals surface area contributed by atoms with E-state index in [0.29, 0.717) is 12.2 Å². The van der Waals surface area contributed by atoms with E-state index in [9.17, 15) is 4.79 Å². The van der Waals surface area contributed by atoms with Gasteiger partial charge < -0.3 is 4.74 Å². The van der Waals surface area contributed by atoms with E-state index >= 15 is 0 Å². The molecule has 1 rings (SSSR count). The molecule has 0 amide bonds. The van der Waals surface area contributed by atoms with Gasteiger partial charge in [-0.2, -0.15) is 11.8 Å². The number of ketones is 1. The first-order valence-electron chi connectivity index (χ1n) is 5.68. The van der Waals surface area contributed by atoms with Crippen LogP contribution in [-0.2, 0) is 11.2 Å². The highest BCUT2D eigenvalue weighted by molar-refractivity contribution is 7.99. The third-order valence-corrected chi connectivity index (χ3v) is 3.52. The highest BCUT2D eigenvalue weighted by Crippen LogP contribution is 2.24. The molecule has 0 aliphatic heterocycles. The molecule has 0 unspecified atom stereocenters. The van der Waals surface area contributed by atoms with Crippen LogP contribution in [0.5, 0.6) is 5.75 Å². The summed E-state index contributed by atoms with van der Waals surface area (Å²) in [4.78, 5) is 16.0. The molecule has 3 nitrogen and oxygen atoms in total.